The van der Waals surface area contributed by atoms with Crippen LogP contribution in [0, 0.1) is 0 Å². The van der Waals surface area contributed by atoms with Gasteiger partial charge >= 0.3 is 0 Å². The van der Waals surface area contributed by atoms with E-state index >= 15 is 0 Å². The van der Waals surface area contributed by atoms with Crippen molar-refractivity contribution >= 4 is 0 Å². The zero-order valence-electron chi connectivity index (χ0n) is 8.79. The third kappa shape index (κ3) is 2.00. The third-order valence-corrected chi connectivity index (χ3v) is 2.27. The molecule has 5 heteroatoms. The van der Waals surface area contributed by atoms with Gasteiger partial charge in [-0.1, -0.05) is 13.8 Å². The number of nitrogens with zero attached hydrogens (tertiary/aromatic N) is 1. The Labute approximate surface area is 86.0 Å². The minimum absolute atomic E-state index is 0.193. The molecule has 0 aliphatic rings. The Hall–Kier alpha value is -1.39. The molecule has 1 rings (SSSR count). The van der Waals surface area contributed by atoms with Crippen molar-refractivity contribution in [3.8, 4) is 5.75 Å². The molecule has 1 aromatic rings. The quantitative estimate of drug-likeness (QED) is 0.824. The van der Waals surface area contributed by atoms with Crippen molar-refractivity contribution in [2.24, 2.45) is 7.05 Å². The lowest BCUT2D eigenvalue weighted by Crippen LogP contribution is -2.16. The van der Waals surface area contributed by atoms with Gasteiger partial charge in [0.2, 0.25) is 5.43 Å². The number of halogens is 2. The van der Waals surface area contributed by atoms with Crippen LogP contribution >= 0.6 is 0 Å². The number of alkyl halides is 2. The van der Waals surface area contributed by atoms with Gasteiger partial charge in [0.25, 0.3) is 6.43 Å². The average Bonchev–Trinajstić information content (AvgIpc) is 2.10. The van der Waals surface area contributed by atoms with E-state index in [-0.39, 0.29) is 17.3 Å². The Balaban J connectivity index is 3.56. The SMILES string of the molecule is CC(C)c1c(O)c(=O)cc(C(F)F)n1C. The number of pyridine rings is 1. The topological polar surface area (TPSA) is 42.2 Å². The Morgan fingerprint density at radius 1 is 1.40 bits per heavy atom. The number of aromatic nitrogens is 1. The van der Waals surface area contributed by atoms with E-state index in [9.17, 15) is 18.7 Å². The lowest BCUT2D eigenvalue weighted by molar-refractivity contribution is 0.140. The molecule has 0 saturated heterocycles. The van der Waals surface area contributed by atoms with Crippen LogP contribution in [-0.2, 0) is 7.05 Å². The molecule has 0 aliphatic heterocycles. The number of hydrogen-bond acceptors (Lipinski definition) is 2. The summed E-state index contributed by atoms with van der Waals surface area (Å²) < 4.78 is 26.3. The highest BCUT2D eigenvalue weighted by atomic mass is 19.3. The van der Waals surface area contributed by atoms with Crippen molar-refractivity contribution in [3.63, 3.8) is 0 Å². The molecule has 0 amide bonds. The maximum absolute atomic E-state index is 12.5. The van der Waals surface area contributed by atoms with Gasteiger partial charge in [0.1, 0.15) is 0 Å². The molecule has 0 bridgehead atoms. The Morgan fingerprint density at radius 3 is 2.33 bits per heavy atom. The summed E-state index contributed by atoms with van der Waals surface area (Å²) in [7, 11) is 1.41. The molecule has 84 valence electrons. The first kappa shape index (κ1) is 11.7. The van der Waals surface area contributed by atoms with Crippen molar-refractivity contribution in [2.45, 2.75) is 26.2 Å². The van der Waals surface area contributed by atoms with Crippen molar-refractivity contribution < 1.29 is 13.9 Å². The molecule has 0 radical (unpaired) electrons. The fourth-order valence-electron chi connectivity index (χ4n) is 1.59. The summed E-state index contributed by atoms with van der Waals surface area (Å²) in [6.07, 6.45) is -2.72. The molecule has 0 saturated carbocycles. The van der Waals surface area contributed by atoms with Crippen molar-refractivity contribution in [3.05, 3.63) is 27.7 Å². The highest BCUT2D eigenvalue weighted by Gasteiger charge is 2.19. The number of hydrogen-bond donors (Lipinski definition) is 1. The van der Waals surface area contributed by atoms with E-state index in [1.165, 1.54) is 11.6 Å². The molecule has 15 heavy (non-hydrogen) atoms. The minimum atomic E-state index is -2.72. The highest BCUT2D eigenvalue weighted by Crippen LogP contribution is 2.26. The summed E-state index contributed by atoms with van der Waals surface area (Å²) in [6, 6.07) is 0.770. The molecule has 0 atom stereocenters. The van der Waals surface area contributed by atoms with E-state index in [0.29, 0.717) is 0 Å². The summed E-state index contributed by atoms with van der Waals surface area (Å²) in [5.74, 6) is -0.640. The fraction of sp³-hybridized carbons (Fsp3) is 0.500. The number of rotatable bonds is 2. The largest absolute Gasteiger partial charge is 0.503 e. The summed E-state index contributed by atoms with van der Waals surface area (Å²) in [4.78, 5) is 11.2. The summed E-state index contributed by atoms with van der Waals surface area (Å²) in [5.41, 5.74) is -0.897. The predicted molar refractivity (Wildman–Crippen MR) is 52.4 cm³/mol. The van der Waals surface area contributed by atoms with Gasteiger partial charge in [-0.25, -0.2) is 8.78 Å². The summed E-state index contributed by atoms with van der Waals surface area (Å²) in [6.45, 7) is 3.45. The molecule has 0 aromatic carbocycles. The summed E-state index contributed by atoms with van der Waals surface area (Å²) in [5, 5.41) is 9.48. The van der Waals surface area contributed by atoms with Crippen molar-refractivity contribution in [2.75, 3.05) is 0 Å². The highest BCUT2D eigenvalue weighted by molar-refractivity contribution is 5.32. The van der Waals surface area contributed by atoms with Gasteiger partial charge in [0.15, 0.2) is 5.75 Å². The maximum Gasteiger partial charge on any atom is 0.278 e. The van der Waals surface area contributed by atoms with Crippen LogP contribution in [0.1, 0.15) is 37.6 Å². The fourth-order valence-corrected chi connectivity index (χ4v) is 1.59. The second-order valence-electron chi connectivity index (χ2n) is 3.68. The Bertz CT molecular complexity index is 424. The molecule has 0 spiro atoms. The molecule has 0 unspecified atom stereocenters. The third-order valence-electron chi connectivity index (χ3n) is 2.27. The average molecular weight is 217 g/mol. The monoisotopic (exact) mass is 217 g/mol. The minimum Gasteiger partial charge on any atom is -0.503 e. The maximum atomic E-state index is 12.5. The molecule has 1 N–H and O–H groups in total. The second-order valence-corrected chi connectivity index (χ2v) is 3.68. The lowest BCUT2D eigenvalue weighted by Gasteiger charge is -2.17. The number of aromatic hydroxyl groups is 1. The van der Waals surface area contributed by atoms with Gasteiger partial charge in [0, 0.05) is 13.1 Å². The molecule has 1 heterocycles. The van der Waals surface area contributed by atoms with Crippen LogP contribution in [0.4, 0.5) is 8.78 Å². The zero-order valence-corrected chi connectivity index (χ0v) is 8.79. The van der Waals surface area contributed by atoms with Crippen molar-refractivity contribution in [1.82, 2.24) is 4.57 Å². The Kier molecular flexibility index (Phi) is 3.12. The van der Waals surface area contributed by atoms with E-state index in [2.05, 4.69) is 0 Å². The van der Waals surface area contributed by atoms with E-state index in [1.807, 2.05) is 0 Å². The molecule has 0 aliphatic carbocycles. The predicted octanol–water partition coefficient (Wildman–Crippen LogP) is 2.15. The van der Waals surface area contributed by atoms with Crippen molar-refractivity contribution in [1.29, 1.82) is 0 Å². The van der Waals surface area contributed by atoms with Crippen LogP contribution in [0.25, 0.3) is 0 Å². The van der Waals surface area contributed by atoms with Gasteiger partial charge < -0.3 is 9.67 Å². The van der Waals surface area contributed by atoms with E-state index in [0.717, 1.165) is 6.07 Å². The Morgan fingerprint density at radius 2 is 1.93 bits per heavy atom. The van der Waals surface area contributed by atoms with Crippen LogP contribution in [-0.4, -0.2) is 9.67 Å². The molecule has 3 nitrogen and oxygen atoms in total. The molecule has 0 fully saturated rings. The van der Waals surface area contributed by atoms with E-state index < -0.39 is 17.6 Å². The van der Waals surface area contributed by atoms with Gasteiger partial charge in [-0.05, 0) is 5.92 Å². The van der Waals surface area contributed by atoms with Gasteiger partial charge in [-0.3, -0.25) is 4.79 Å². The van der Waals surface area contributed by atoms with Gasteiger partial charge in [-0.15, -0.1) is 0 Å². The van der Waals surface area contributed by atoms with Gasteiger partial charge in [-0.2, -0.15) is 0 Å². The lowest BCUT2D eigenvalue weighted by atomic mass is 10.1. The molecular weight excluding hydrogens is 204 g/mol. The smallest absolute Gasteiger partial charge is 0.278 e. The van der Waals surface area contributed by atoms with Crippen LogP contribution in [0.2, 0.25) is 0 Å². The second kappa shape index (κ2) is 4.00. The molecule has 1 aromatic heterocycles. The first-order valence-corrected chi connectivity index (χ1v) is 4.57. The first-order valence-electron chi connectivity index (χ1n) is 4.57. The first-order chi connectivity index (χ1) is 6.86. The standard InChI is InChI=1S/C10H13F2NO2/c1-5(2)8-9(15)7(14)4-6(10(11)12)13(8)3/h4-5,10,15H,1-3H3. The van der Waals surface area contributed by atoms with Gasteiger partial charge in [0.05, 0.1) is 11.4 Å². The normalized spacial score (nSPS) is 11.4. The summed E-state index contributed by atoms with van der Waals surface area (Å²) >= 11 is 0. The zero-order chi connectivity index (χ0) is 11.7. The van der Waals surface area contributed by atoms with Crippen LogP contribution in [0.15, 0.2) is 10.9 Å². The van der Waals surface area contributed by atoms with Crippen LogP contribution in [0.5, 0.6) is 5.75 Å². The van der Waals surface area contributed by atoms with Crippen LogP contribution < -0.4 is 5.43 Å². The molecular formula is C10H13F2NO2. The van der Waals surface area contributed by atoms with E-state index in [1.54, 1.807) is 13.8 Å². The van der Waals surface area contributed by atoms with E-state index in [4.69, 9.17) is 0 Å². The van der Waals surface area contributed by atoms with Crippen LogP contribution in [0.3, 0.4) is 0 Å².